The summed E-state index contributed by atoms with van der Waals surface area (Å²) in [6.07, 6.45) is -0.725. The van der Waals surface area contributed by atoms with E-state index in [2.05, 4.69) is 31.4 Å². The maximum atomic E-state index is 12.6. The molecule has 6 heteroatoms. The van der Waals surface area contributed by atoms with Gasteiger partial charge in [-0.2, -0.15) is 0 Å². The molecule has 0 aromatic heterocycles. The summed E-state index contributed by atoms with van der Waals surface area (Å²) in [4.78, 5) is 25.2. The van der Waals surface area contributed by atoms with Gasteiger partial charge in [-0.15, -0.1) is 0 Å². The summed E-state index contributed by atoms with van der Waals surface area (Å²) in [5.41, 5.74) is 2.89. The van der Waals surface area contributed by atoms with E-state index < -0.39 is 6.10 Å². The Morgan fingerprint density at radius 3 is 2.06 bits per heavy atom. The first-order valence-corrected chi connectivity index (χ1v) is 10.8. The van der Waals surface area contributed by atoms with Crippen LogP contribution in [0.2, 0.25) is 0 Å². The van der Waals surface area contributed by atoms with E-state index in [0.717, 1.165) is 5.56 Å². The lowest BCUT2D eigenvalue weighted by atomic mass is 9.87. The van der Waals surface area contributed by atoms with Gasteiger partial charge in [0.05, 0.1) is 7.11 Å². The second-order valence-corrected chi connectivity index (χ2v) is 8.79. The van der Waals surface area contributed by atoms with Crippen molar-refractivity contribution in [3.63, 3.8) is 0 Å². The molecule has 172 valence electrons. The van der Waals surface area contributed by atoms with Crippen LogP contribution in [0.15, 0.2) is 72.8 Å². The monoisotopic (exact) mass is 446 g/mol. The van der Waals surface area contributed by atoms with Crippen LogP contribution in [0.5, 0.6) is 11.5 Å². The fourth-order valence-corrected chi connectivity index (χ4v) is 3.18. The number of ether oxygens (including phenoxy) is 2. The van der Waals surface area contributed by atoms with Gasteiger partial charge >= 0.3 is 0 Å². The molecule has 0 aliphatic heterocycles. The van der Waals surface area contributed by atoms with Crippen molar-refractivity contribution < 1.29 is 19.1 Å². The number of hydrogen-bond acceptors (Lipinski definition) is 4. The van der Waals surface area contributed by atoms with E-state index in [0.29, 0.717) is 28.4 Å². The van der Waals surface area contributed by atoms with Crippen LogP contribution in [0.3, 0.4) is 0 Å². The summed E-state index contributed by atoms with van der Waals surface area (Å²) in [5, 5.41) is 5.70. The third kappa shape index (κ3) is 6.59. The minimum atomic E-state index is -0.725. The first-order valence-electron chi connectivity index (χ1n) is 10.8. The van der Waals surface area contributed by atoms with Gasteiger partial charge in [0.1, 0.15) is 11.5 Å². The molecule has 0 saturated carbocycles. The first-order chi connectivity index (χ1) is 15.7. The summed E-state index contributed by atoms with van der Waals surface area (Å²) in [5.74, 6) is 0.666. The molecule has 0 saturated heterocycles. The second-order valence-electron chi connectivity index (χ2n) is 8.79. The van der Waals surface area contributed by atoms with Crippen LogP contribution < -0.4 is 20.1 Å². The molecule has 33 heavy (non-hydrogen) atoms. The third-order valence-electron chi connectivity index (χ3n) is 5.12. The fourth-order valence-electron chi connectivity index (χ4n) is 3.18. The number of amides is 2. The van der Waals surface area contributed by atoms with Gasteiger partial charge in [0.2, 0.25) is 0 Å². The number of nitrogens with one attached hydrogen (secondary N) is 2. The number of benzene rings is 3. The molecular formula is C27H30N2O4. The Labute approximate surface area is 194 Å². The van der Waals surface area contributed by atoms with Gasteiger partial charge in [-0.1, -0.05) is 45.0 Å². The van der Waals surface area contributed by atoms with Crippen LogP contribution in [-0.2, 0) is 10.2 Å². The lowest BCUT2D eigenvalue weighted by Crippen LogP contribution is -2.30. The highest BCUT2D eigenvalue weighted by molar-refractivity contribution is 6.04. The lowest BCUT2D eigenvalue weighted by Gasteiger charge is -2.19. The number of methoxy groups -OCH3 is 1. The van der Waals surface area contributed by atoms with Gasteiger partial charge in [0.25, 0.3) is 11.8 Å². The lowest BCUT2D eigenvalue weighted by molar-refractivity contribution is -0.122. The van der Waals surface area contributed by atoms with E-state index in [1.807, 2.05) is 24.3 Å². The summed E-state index contributed by atoms with van der Waals surface area (Å²) in [6, 6.07) is 21.6. The van der Waals surface area contributed by atoms with E-state index in [1.165, 1.54) is 0 Å². The van der Waals surface area contributed by atoms with Crippen molar-refractivity contribution in [2.45, 2.75) is 39.2 Å². The van der Waals surface area contributed by atoms with Gasteiger partial charge in [-0.3, -0.25) is 9.59 Å². The van der Waals surface area contributed by atoms with E-state index in [-0.39, 0.29) is 17.2 Å². The predicted molar refractivity (Wildman–Crippen MR) is 131 cm³/mol. The molecule has 0 bridgehead atoms. The second kappa shape index (κ2) is 10.2. The molecule has 1 atom stereocenters. The van der Waals surface area contributed by atoms with Crippen molar-refractivity contribution in [3.05, 3.63) is 83.9 Å². The molecular weight excluding hydrogens is 416 g/mol. The van der Waals surface area contributed by atoms with Crippen LogP contribution in [0, 0.1) is 0 Å². The largest absolute Gasteiger partial charge is 0.497 e. The zero-order valence-electron chi connectivity index (χ0n) is 19.6. The van der Waals surface area contributed by atoms with Crippen molar-refractivity contribution in [3.8, 4) is 11.5 Å². The van der Waals surface area contributed by atoms with Crippen LogP contribution in [0.1, 0.15) is 43.6 Å². The van der Waals surface area contributed by atoms with Crippen molar-refractivity contribution in [2.24, 2.45) is 0 Å². The Morgan fingerprint density at radius 1 is 0.818 bits per heavy atom. The molecule has 3 rings (SSSR count). The molecule has 6 nitrogen and oxygen atoms in total. The summed E-state index contributed by atoms with van der Waals surface area (Å²) in [6.45, 7) is 8.06. The average Bonchev–Trinajstić information content (AvgIpc) is 2.79. The van der Waals surface area contributed by atoms with Crippen LogP contribution in [-0.4, -0.2) is 25.0 Å². The third-order valence-corrected chi connectivity index (χ3v) is 5.12. The molecule has 2 N–H and O–H groups in total. The Hall–Kier alpha value is -3.80. The van der Waals surface area contributed by atoms with Crippen LogP contribution in [0.25, 0.3) is 0 Å². The normalized spacial score (nSPS) is 11.9. The number of hydrogen-bond donors (Lipinski definition) is 2. The zero-order chi connectivity index (χ0) is 24.0. The molecule has 3 aromatic carbocycles. The van der Waals surface area contributed by atoms with Gasteiger partial charge in [-0.05, 0) is 60.4 Å². The first kappa shape index (κ1) is 23.9. The minimum absolute atomic E-state index is 0.0228. The fraction of sp³-hybridized carbons (Fsp3) is 0.259. The molecule has 3 aromatic rings. The minimum Gasteiger partial charge on any atom is -0.497 e. The van der Waals surface area contributed by atoms with Crippen molar-refractivity contribution >= 4 is 23.2 Å². The number of carbonyl (C=O) groups is 2. The van der Waals surface area contributed by atoms with E-state index in [4.69, 9.17) is 9.47 Å². The van der Waals surface area contributed by atoms with Gasteiger partial charge in [0.15, 0.2) is 6.10 Å². The van der Waals surface area contributed by atoms with Crippen molar-refractivity contribution in [2.75, 3.05) is 17.7 Å². The van der Waals surface area contributed by atoms with E-state index in [9.17, 15) is 9.59 Å². The van der Waals surface area contributed by atoms with Crippen molar-refractivity contribution in [1.82, 2.24) is 0 Å². The van der Waals surface area contributed by atoms with Crippen molar-refractivity contribution in [1.29, 1.82) is 0 Å². The maximum Gasteiger partial charge on any atom is 0.265 e. The van der Waals surface area contributed by atoms with Gasteiger partial charge in [0, 0.05) is 23.0 Å². The Kier molecular flexibility index (Phi) is 7.38. The zero-order valence-corrected chi connectivity index (χ0v) is 19.6. The Morgan fingerprint density at radius 2 is 1.42 bits per heavy atom. The quantitative estimate of drug-likeness (QED) is 0.492. The molecule has 2 amide bonds. The summed E-state index contributed by atoms with van der Waals surface area (Å²) in [7, 11) is 1.57. The van der Waals surface area contributed by atoms with E-state index in [1.54, 1.807) is 62.6 Å². The molecule has 0 aliphatic carbocycles. The van der Waals surface area contributed by atoms with Gasteiger partial charge < -0.3 is 20.1 Å². The SMILES string of the molecule is COc1cccc(O[C@@H](C)C(=O)Nc2cccc(NC(=O)c3ccc(C(C)(C)C)cc3)c2)c1. The molecule has 0 aliphatic rings. The Balaban J connectivity index is 1.61. The summed E-state index contributed by atoms with van der Waals surface area (Å²) >= 11 is 0. The Bertz CT molecular complexity index is 1120. The molecule has 0 spiro atoms. The smallest absolute Gasteiger partial charge is 0.265 e. The summed E-state index contributed by atoms with van der Waals surface area (Å²) < 4.78 is 10.9. The average molecular weight is 447 g/mol. The standard InChI is InChI=1S/C27H30N2O4/c1-18(33-24-11-7-10-23(17-24)32-5)25(30)28-21-8-6-9-22(16-21)29-26(31)19-12-14-20(15-13-19)27(2,3)4/h6-18H,1-5H3,(H,28,30)(H,29,31)/t18-/m0/s1. The highest BCUT2D eigenvalue weighted by atomic mass is 16.5. The molecule has 0 heterocycles. The number of carbonyl (C=O) groups excluding carboxylic acids is 2. The topological polar surface area (TPSA) is 76.7 Å². The molecule has 0 fully saturated rings. The van der Waals surface area contributed by atoms with Crippen LogP contribution in [0.4, 0.5) is 11.4 Å². The molecule has 0 unspecified atom stereocenters. The predicted octanol–water partition coefficient (Wildman–Crippen LogP) is 5.65. The highest BCUT2D eigenvalue weighted by Crippen LogP contribution is 2.23. The van der Waals surface area contributed by atoms with Gasteiger partial charge in [-0.25, -0.2) is 0 Å². The van der Waals surface area contributed by atoms with E-state index >= 15 is 0 Å². The van der Waals surface area contributed by atoms with Crippen LogP contribution >= 0.6 is 0 Å². The molecule has 0 radical (unpaired) electrons. The maximum absolute atomic E-state index is 12.6. The number of anilines is 2. The highest BCUT2D eigenvalue weighted by Gasteiger charge is 2.17. The number of rotatable bonds is 7.